The first kappa shape index (κ1) is 65.9. The van der Waals surface area contributed by atoms with Crippen molar-refractivity contribution in [3.05, 3.63) is 266 Å². The number of hydrogen-bond acceptors (Lipinski definition) is 12. The van der Waals surface area contributed by atoms with Crippen molar-refractivity contribution >= 4 is 18.5 Å². The number of phenols is 8. The minimum atomic E-state index is -3.68. The lowest BCUT2D eigenvalue weighted by Crippen LogP contribution is -2.50. The number of benzene rings is 9. The van der Waals surface area contributed by atoms with Crippen LogP contribution in [0.1, 0.15) is 135 Å². The molecule has 451 valence electrons. The molecule has 12 nitrogen and oxygen atoms in total. The lowest BCUT2D eigenvalue weighted by atomic mass is 9.75. The molecule has 0 bridgehead atoms. The summed E-state index contributed by atoms with van der Waals surface area (Å²) < 4.78 is 33.8. The van der Waals surface area contributed by atoms with Gasteiger partial charge in [-0.1, -0.05) is 170 Å². The summed E-state index contributed by atoms with van der Waals surface area (Å²) in [6.07, 6.45) is 0.479. The molecule has 1 fully saturated rings. The first-order valence-electron chi connectivity index (χ1n) is 28.5. The van der Waals surface area contributed by atoms with Crippen LogP contribution in [0.4, 0.5) is 0 Å². The Morgan fingerprint density at radius 1 is 0.391 bits per heavy atom. The predicted molar refractivity (Wildman–Crippen MR) is 343 cm³/mol. The second kappa shape index (κ2) is 26.1. The summed E-state index contributed by atoms with van der Waals surface area (Å²) in [4.78, 5) is 0.186. The zero-order valence-corrected chi connectivity index (χ0v) is 51.8. The third-order valence-electron chi connectivity index (χ3n) is 16.7. The highest BCUT2D eigenvalue weighted by molar-refractivity contribution is 7.86. The molecule has 10 rings (SSSR count). The molecule has 3 radical (unpaired) electrons. The summed E-state index contributed by atoms with van der Waals surface area (Å²) in [5.41, 5.74) is 9.37. The van der Waals surface area contributed by atoms with Gasteiger partial charge in [-0.05, 0) is 166 Å². The summed E-state index contributed by atoms with van der Waals surface area (Å²) in [6, 6.07) is 57.5. The van der Waals surface area contributed by atoms with E-state index in [9.17, 15) is 49.3 Å². The summed E-state index contributed by atoms with van der Waals surface area (Å²) in [6.45, 7) is 21.1. The Hall–Kier alpha value is -8.69. The minimum Gasteiger partial charge on any atom is -0.508 e. The third kappa shape index (κ3) is 15.3. The number of phenolic OH excluding ortho intramolecular Hbond substituents is 8. The fourth-order valence-corrected chi connectivity index (χ4v) is 11.7. The molecule has 1 aliphatic rings. The van der Waals surface area contributed by atoms with Crippen LogP contribution in [0.5, 0.6) is 46.0 Å². The first-order chi connectivity index (χ1) is 40.4. The van der Waals surface area contributed by atoms with Crippen LogP contribution in [-0.2, 0) is 53.5 Å². The normalized spacial score (nSPS) is 13.2. The molecule has 1 heterocycles. The van der Waals surface area contributed by atoms with Crippen molar-refractivity contribution < 1.29 is 58.2 Å². The summed E-state index contributed by atoms with van der Waals surface area (Å²) in [5.74, 6) is 1.41. The Morgan fingerprint density at radius 2 is 0.655 bits per heavy atom. The number of aryl methyl sites for hydroxylation is 1. The van der Waals surface area contributed by atoms with Gasteiger partial charge < -0.3 is 45.6 Å². The second-order valence-corrected chi connectivity index (χ2v) is 26.3. The van der Waals surface area contributed by atoms with E-state index in [1.807, 2.05) is 104 Å². The van der Waals surface area contributed by atoms with Crippen LogP contribution in [0.25, 0.3) is 0 Å². The van der Waals surface area contributed by atoms with Gasteiger partial charge in [0.15, 0.2) is 0 Å². The molecule has 0 aromatic heterocycles. The van der Waals surface area contributed by atoms with Crippen LogP contribution in [0, 0.1) is 6.92 Å². The van der Waals surface area contributed by atoms with Crippen molar-refractivity contribution in [2.75, 3.05) is 13.2 Å². The predicted octanol–water partition coefficient (Wildman–Crippen LogP) is 14.6. The maximum atomic E-state index is 12.0. The Balaban J connectivity index is 0.000000256. The van der Waals surface area contributed by atoms with Gasteiger partial charge in [0.1, 0.15) is 51.6 Å². The van der Waals surface area contributed by atoms with E-state index < -0.39 is 32.0 Å². The fourth-order valence-electron chi connectivity index (χ4n) is 10.5. The van der Waals surface area contributed by atoms with Crippen LogP contribution < -0.4 is 0 Å². The molecule has 9 aromatic rings. The molecular formula is C73H78BO12S. The number of ether oxygens (including phenoxy) is 1. The lowest BCUT2D eigenvalue weighted by Gasteiger charge is -2.36. The van der Waals surface area contributed by atoms with E-state index in [-0.39, 0.29) is 77.6 Å². The molecule has 14 heteroatoms. The van der Waals surface area contributed by atoms with Gasteiger partial charge in [0.25, 0.3) is 10.1 Å². The van der Waals surface area contributed by atoms with Gasteiger partial charge in [0.2, 0.25) is 0 Å². The number of hydrogen-bond donors (Lipinski definition) is 8. The molecule has 0 amide bonds. The Morgan fingerprint density at radius 3 is 0.943 bits per heavy atom. The molecule has 9 aromatic carbocycles. The van der Waals surface area contributed by atoms with Gasteiger partial charge in [0.05, 0.1) is 18.1 Å². The largest absolute Gasteiger partial charge is 0.508 e. The standard InChI is InChI=1S/C47H48O6.C15H16O2.C11H14O4S.B/c1-45(2,33-7-15-39(48)16-8-33)36-13-21-42(51)29(25-36)23-31-27-38(47(5,6)35-11-19-41(50)20-12-35)28-32(44(31)53)24-30-26-37(14-22-43(30)52)46(3,4)34-9-17-40(49)18-10-34;1-15(2,11-3-7-13(16)8-4-11)12-5-9-14(17)10-6-12;1-9-3-5-10(6-4-9)16(12,13)15-11(2)7-14-8-11;/h7-22,25-28,48-53H,23-24H2,1-6H3;3-10,16-17H,1-2H3;3-6H,7-8H2,1-2H3;. The first-order valence-corrected chi connectivity index (χ1v) is 29.9. The van der Waals surface area contributed by atoms with E-state index in [1.54, 1.807) is 104 Å². The van der Waals surface area contributed by atoms with Crippen LogP contribution in [0.2, 0.25) is 0 Å². The highest BCUT2D eigenvalue weighted by Crippen LogP contribution is 2.43. The average molecular weight is 1190 g/mol. The van der Waals surface area contributed by atoms with Crippen molar-refractivity contribution in [3.63, 3.8) is 0 Å². The Bertz CT molecular complexity index is 3730. The molecule has 8 N–H and O–H groups in total. The lowest BCUT2D eigenvalue weighted by molar-refractivity contribution is -0.147. The van der Waals surface area contributed by atoms with E-state index in [0.29, 0.717) is 35.5 Å². The zero-order chi connectivity index (χ0) is 62.6. The smallest absolute Gasteiger partial charge is 0.297 e. The van der Waals surface area contributed by atoms with Crippen molar-refractivity contribution in [2.24, 2.45) is 0 Å². The second-order valence-electron chi connectivity index (χ2n) is 24.7. The minimum absolute atomic E-state index is 0. The fraction of sp³-hybridized carbons (Fsp3) is 0.260. The van der Waals surface area contributed by atoms with Gasteiger partial charge in [-0.25, -0.2) is 0 Å². The van der Waals surface area contributed by atoms with Crippen molar-refractivity contribution in [2.45, 2.75) is 114 Å². The molecule has 0 aliphatic carbocycles. The molecule has 1 aliphatic heterocycles. The molecule has 0 atom stereocenters. The van der Waals surface area contributed by atoms with E-state index in [2.05, 4.69) is 55.4 Å². The van der Waals surface area contributed by atoms with E-state index in [4.69, 9.17) is 8.92 Å². The van der Waals surface area contributed by atoms with Crippen molar-refractivity contribution in [1.29, 1.82) is 0 Å². The van der Waals surface area contributed by atoms with Crippen LogP contribution in [0.15, 0.2) is 199 Å². The van der Waals surface area contributed by atoms with Gasteiger partial charge in [-0.2, -0.15) is 8.42 Å². The van der Waals surface area contributed by atoms with Crippen molar-refractivity contribution in [3.8, 4) is 46.0 Å². The maximum absolute atomic E-state index is 12.0. The summed E-state index contributed by atoms with van der Waals surface area (Å²) >= 11 is 0. The quantitative estimate of drug-likeness (QED) is 0.0356. The SMILES string of the molecule is CC(C)(c1ccc(O)cc1)c1ccc(O)c(Cc2cc(C(C)(C)c3ccc(O)cc3)cc(Cc3cc(C(C)(C)c4ccc(O)cc4)ccc3O)c2O)c1.CC(C)(c1ccc(O)cc1)c1ccc(O)cc1.Cc1ccc(S(=O)(=O)OC2(C)COC2)cc1.[B]. The van der Waals surface area contributed by atoms with Gasteiger partial charge >= 0.3 is 0 Å². The van der Waals surface area contributed by atoms with Gasteiger partial charge in [-0.3, -0.25) is 4.18 Å². The number of aromatic hydroxyl groups is 8. The highest BCUT2D eigenvalue weighted by Gasteiger charge is 2.40. The molecule has 1 saturated heterocycles. The van der Waals surface area contributed by atoms with Crippen LogP contribution >= 0.6 is 0 Å². The van der Waals surface area contributed by atoms with Crippen LogP contribution in [0.3, 0.4) is 0 Å². The monoisotopic (exact) mass is 1190 g/mol. The Kier molecular flexibility index (Phi) is 19.8. The summed E-state index contributed by atoms with van der Waals surface area (Å²) in [7, 11) is -3.68. The molecular weight excluding hydrogens is 1110 g/mol. The van der Waals surface area contributed by atoms with Gasteiger partial charge in [-0.15, -0.1) is 0 Å². The topological polar surface area (TPSA) is 214 Å². The highest BCUT2D eigenvalue weighted by atomic mass is 32.2. The summed E-state index contributed by atoms with van der Waals surface area (Å²) in [5, 5.41) is 82.7. The van der Waals surface area contributed by atoms with Gasteiger partial charge in [0, 0.05) is 42.9 Å². The van der Waals surface area contributed by atoms with E-state index >= 15 is 0 Å². The van der Waals surface area contributed by atoms with Crippen LogP contribution in [-0.4, -0.2) is 76.5 Å². The molecule has 87 heavy (non-hydrogen) atoms. The maximum Gasteiger partial charge on any atom is 0.297 e. The van der Waals surface area contributed by atoms with E-state index in [1.165, 1.54) is 0 Å². The molecule has 0 unspecified atom stereocenters. The molecule has 0 saturated carbocycles. The zero-order valence-electron chi connectivity index (χ0n) is 51.0. The number of rotatable bonds is 15. The third-order valence-corrected chi connectivity index (χ3v) is 18.2. The molecule has 0 spiro atoms. The Labute approximate surface area is 514 Å². The van der Waals surface area contributed by atoms with Crippen molar-refractivity contribution in [1.82, 2.24) is 0 Å². The average Bonchev–Trinajstić information content (AvgIpc) is 0.998. The van der Waals surface area contributed by atoms with E-state index in [0.717, 1.165) is 50.1 Å².